The van der Waals surface area contributed by atoms with Gasteiger partial charge in [0.25, 0.3) is 0 Å². The second kappa shape index (κ2) is 6.32. The highest BCUT2D eigenvalue weighted by atomic mass is 16.1. The van der Waals surface area contributed by atoms with Gasteiger partial charge in [-0.25, -0.2) is 0 Å². The summed E-state index contributed by atoms with van der Waals surface area (Å²) >= 11 is 0. The van der Waals surface area contributed by atoms with E-state index >= 15 is 0 Å². The van der Waals surface area contributed by atoms with E-state index in [0.29, 0.717) is 6.42 Å². The van der Waals surface area contributed by atoms with E-state index in [-0.39, 0.29) is 5.78 Å². The molecule has 0 saturated carbocycles. The van der Waals surface area contributed by atoms with E-state index in [1.165, 1.54) is 5.56 Å². The zero-order valence-corrected chi connectivity index (χ0v) is 11.6. The van der Waals surface area contributed by atoms with E-state index in [0.717, 1.165) is 30.5 Å². The maximum atomic E-state index is 12.2. The molecular weight excluding hydrogens is 236 g/mol. The highest BCUT2D eigenvalue weighted by Crippen LogP contribution is 2.13. The van der Waals surface area contributed by atoms with Crippen molar-refractivity contribution in [2.45, 2.75) is 32.6 Å². The summed E-state index contributed by atoms with van der Waals surface area (Å²) in [6.45, 7) is 2.03. The van der Waals surface area contributed by atoms with Gasteiger partial charge in [-0.15, -0.1) is 0 Å². The normalized spacial score (nSPS) is 10.6. The molecule has 2 rings (SSSR count). The number of hydrogen-bond donors (Lipinski definition) is 0. The molecule has 0 atom stereocenters. The maximum absolute atomic E-state index is 12.2. The number of benzene rings is 1. The van der Waals surface area contributed by atoms with E-state index in [2.05, 4.69) is 17.2 Å². The van der Waals surface area contributed by atoms with Crippen LogP contribution in [-0.2, 0) is 19.9 Å². The average Bonchev–Trinajstić information content (AvgIpc) is 2.81. The molecule has 1 aromatic heterocycles. The van der Waals surface area contributed by atoms with Crippen LogP contribution < -0.4 is 0 Å². The zero-order chi connectivity index (χ0) is 13.7. The SMILES string of the molecule is CCc1nn(C)cc1C(=O)CCCc1ccccc1. The molecule has 0 amide bonds. The van der Waals surface area contributed by atoms with Crippen LogP contribution in [0, 0.1) is 0 Å². The van der Waals surface area contributed by atoms with Gasteiger partial charge in [0.05, 0.1) is 11.3 Å². The topological polar surface area (TPSA) is 34.9 Å². The smallest absolute Gasteiger partial charge is 0.166 e. The Balaban J connectivity index is 1.91. The van der Waals surface area contributed by atoms with Gasteiger partial charge in [0, 0.05) is 19.7 Å². The number of hydrogen-bond acceptors (Lipinski definition) is 2. The standard InChI is InChI=1S/C16H20N2O/c1-3-15-14(12-18(2)17-15)16(19)11-7-10-13-8-5-4-6-9-13/h4-6,8-9,12H,3,7,10-11H2,1-2H3. The predicted octanol–water partition coefficient (Wildman–Crippen LogP) is 3.19. The first kappa shape index (κ1) is 13.5. The van der Waals surface area contributed by atoms with E-state index in [1.54, 1.807) is 4.68 Å². The van der Waals surface area contributed by atoms with Crippen LogP contribution >= 0.6 is 0 Å². The van der Waals surface area contributed by atoms with Crippen LogP contribution in [0.4, 0.5) is 0 Å². The Morgan fingerprint density at radius 2 is 2.00 bits per heavy atom. The van der Waals surface area contributed by atoms with Gasteiger partial charge < -0.3 is 0 Å². The lowest BCUT2D eigenvalue weighted by molar-refractivity contribution is 0.0979. The molecule has 0 N–H and O–H groups in total. The van der Waals surface area contributed by atoms with E-state index in [9.17, 15) is 4.79 Å². The quantitative estimate of drug-likeness (QED) is 0.744. The molecule has 1 aromatic carbocycles. The first-order valence-electron chi connectivity index (χ1n) is 6.80. The van der Waals surface area contributed by atoms with Gasteiger partial charge in [0.2, 0.25) is 0 Å². The minimum Gasteiger partial charge on any atom is -0.294 e. The summed E-state index contributed by atoms with van der Waals surface area (Å²) in [6.07, 6.45) is 5.08. The Hall–Kier alpha value is -1.90. The summed E-state index contributed by atoms with van der Waals surface area (Å²) < 4.78 is 1.73. The summed E-state index contributed by atoms with van der Waals surface area (Å²) in [7, 11) is 1.86. The fraction of sp³-hybridized carbons (Fsp3) is 0.375. The molecule has 0 bridgehead atoms. The minimum atomic E-state index is 0.209. The lowest BCUT2D eigenvalue weighted by Gasteiger charge is -2.01. The fourth-order valence-corrected chi connectivity index (χ4v) is 2.26. The van der Waals surface area contributed by atoms with Gasteiger partial charge in [-0.1, -0.05) is 37.3 Å². The molecule has 0 spiro atoms. The van der Waals surface area contributed by atoms with Crippen molar-refractivity contribution in [3.05, 3.63) is 53.3 Å². The molecule has 3 heteroatoms. The molecule has 3 nitrogen and oxygen atoms in total. The molecule has 100 valence electrons. The number of carbonyl (C=O) groups is 1. The third-order valence-electron chi connectivity index (χ3n) is 3.25. The monoisotopic (exact) mass is 256 g/mol. The Morgan fingerprint density at radius 1 is 1.26 bits per heavy atom. The molecule has 0 saturated heterocycles. The van der Waals surface area contributed by atoms with E-state index < -0.39 is 0 Å². The molecule has 19 heavy (non-hydrogen) atoms. The van der Waals surface area contributed by atoms with Crippen molar-refractivity contribution in [2.24, 2.45) is 7.05 Å². The summed E-state index contributed by atoms with van der Waals surface area (Å²) in [5, 5.41) is 4.31. The van der Waals surface area contributed by atoms with Crippen LogP contribution in [0.3, 0.4) is 0 Å². The maximum Gasteiger partial charge on any atom is 0.166 e. The van der Waals surface area contributed by atoms with Crippen molar-refractivity contribution in [2.75, 3.05) is 0 Å². The number of aryl methyl sites for hydroxylation is 3. The number of rotatable bonds is 6. The molecule has 1 heterocycles. The lowest BCUT2D eigenvalue weighted by Crippen LogP contribution is -2.02. The van der Waals surface area contributed by atoms with Crippen LogP contribution in [0.25, 0.3) is 0 Å². The number of Topliss-reactive ketones (excluding diaryl/α,β-unsaturated/α-hetero) is 1. The van der Waals surface area contributed by atoms with Gasteiger partial charge in [-0.05, 0) is 24.8 Å². The Kier molecular flexibility index (Phi) is 4.50. The summed E-state index contributed by atoms with van der Waals surface area (Å²) in [6, 6.07) is 10.3. The predicted molar refractivity (Wildman–Crippen MR) is 76.3 cm³/mol. The molecule has 0 unspecified atom stereocenters. The number of carbonyl (C=O) groups excluding carboxylic acids is 1. The Morgan fingerprint density at radius 3 is 2.68 bits per heavy atom. The van der Waals surface area contributed by atoms with Crippen LogP contribution in [0.2, 0.25) is 0 Å². The van der Waals surface area contributed by atoms with Crippen LogP contribution in [0.5, 0.6) is 0 Å². The first-order chi connectivity index (χ1) is 9.20. The van der Waals surface area contributed by atoms with Crippen LogP contribution in [0.15, 0.2) is 36.5 Å². The second-order valence-corrected chi connectivity index (χ2v) is 4.78. The number of nitrogens with zero attached hydrogens (tertiary/aromatic N) is 2. The fourth-order valence-electron chi connectivity index (χ4n) is 2.26. The van der Waals surface area contributed by atoms with Gasteiger partial charge in [0.1, 0.15) is 0 Å². The molecule has 0 radical (unpaired) electrons. The van der Waals surface area contributed by atoms with E-state index in [1.807, 2.05) is 38.4 Å². The Bertz CT molecular complexity index is 543. The van der Waals surface area contributed by atoms with E-state index in [4.69, 9.17) is 0 Å². The van der Waals surface area contributed by atoms with Crippen molar-refractivity contribution in [3.8, 4) is 0 Å². The van der Waals surface area contributed by atoms with Gasteiger partial charge in [-0.3, -0.25) is 9.48 Å². The van der Waals surface area contributed by atoms with Crippen molar-refractivity contribution in [1.29, 1.82) is 0 Å². The van der Waals surface area contributed by atoms with Gasteiger partial charge >= 0.3 is 0 Å². The molecule has 0 aliphatic carbocycles. The highest BCUT2D eigenvalue weighted by Gasteiger charge is 2.13. The van der Waals surface area contributed by atoms with Crippen LogP contribution in [0.1, 0.15) is 41.4 Å². The molecule has 2 aromatic rings. The number of ketones is 1. The average molecular weight is 256 g/mol. The molecule has 0 aliphatic heterocycles. The largest absolute Gasteiger partial charge is 0.294 e. The molecule has 0 fully saturated rings. The summed E-state index contributed by atoms with van der Waals surface area (Å²) in [4.78, 5) is 12.2. The number of aromatic nitrogens is 2. The molecular formula is C16H20N2O. The zero-order valence-electron chi connectivity index (χ0n) is 11.6. The third kappa shape index (κ3) is 3.53. The summed E-state index contributed by atoms with van der Waals surface area (Å²) in [5.74, 6) is 0.209. The van der Waals surface area contributed by atoms with Crippen molar-refractivity contribution in [3.63, 3.8) is 0 Å². The van der Waals surface area contributed by atoms with Gasteiger partial charge in [0.15, 0.2) is 5.78 Å². The Labute approximate surface area is 114 Å². The second-order valence-electron chi connectivity index (χ2n) is 4.78. The highest BCUT2D eigenvalue weighted by molar-refractivity contribution is 5.96. The molecule has 0 aliphatic rings. The lowest BCUT2D eigenvalue weighted by atomic mass is 10.0. The van der Waals surface area contributed by atoms with Gasteiger partial charge in [-0.2, -0.15) is 5.10 Å². The van der Waals surface area contributed by atoms with Crippen molar-refractivity contribution < 1.29 is 4.79 Å². The first-order valence-corrected chi connectivity index (χ1v) is 6.80. The summed E-state index contributed by atoms with van der Waals surface area (Å²) in [5.41, 5.74) is 2.99. The van der Waals surface area contributed by atoms with Crippen molar-refractivity contribution in [1.82, 2.24) is 9.78 Å². The van der Waals surface area contributed by atoms with Crippen molar-refractivity contribution >= 4 is 5.78 Å². The van der Waals surface area contributed by atoms with Crippen LogP contribution in [-0.4, -0.2) is 15.6 Å². The third-order valence-corrected chi connectivity index (χ3v) is 3.25. The minimum absolute atomic E-state index is 0.209.